The van der Waals surface area contributed by atoms with Crippen LogP contribution in [0.25, 0.3) is 11.4 Å². The number of aromatic nitrogens is 5. The Balaban J connectivity index is 1.64. The third-order valence-corrected chi connectivity index (χ3v) is 4.47. The summed E-state index contributed by atoms with van der Waals surface area (Å²) in [7, 11) is 0. The van der Waals surface area contributed by atoms with Crippen LogP contribution >= 0.6 is 11.8 Å². The quantitative estimate of drug-likeness (QED) is 0.510. The van der Waals surface area contributed by atoms with Crippen LogP contribution in [0.4, 0.5) is 5.82 Å². The molecule has 0 saturated carbocycles. The molecule has 3 rings (SSSR count). The van der Waals surface area contributed by atoms with Crippen molar-refractivity contribution >= 4 is 23.5 Å². The third-order valence-electron chi connectivity index (χ3n) is 3.52. The second kappa shape index (κ2) is 7.01. The van der Waals surface area contributed by atoms with Crippen molar-refractivity contribution in [3.8, 4) is 11.4 Å². The Morgan fingerprint density at radius 2 is 2.20 bits per heavy atom. The first-order chi connectivity index (χ1) is 12.0. The molecule has 3 aromatic rings. The van der Waals surface area contributed by atoms with Crippen LogP contribution in [-0.4, -0.2) is 36.3 Å². The number of rotatable bonds is 6. The van der Waals surface area contributed by atoms with Crippen molar-refractivity contribution < 1.29 is 9.21 Å². The highest BCUT2D eigenvalue weighted by Crippen LogP contribution is 2.25. The van der Waals surface area contributed by atoms with E-state index < -0.39 is 0 Å². The maximum atomic E-state index is 12.2. The predicted molar refractivity (Wildman–Crippen MR) is 94.6 cm³/mol. The molecule has 132 valence electrons. The predicted octanol–water partition coefficient (Wildman–Crippen LogP) is 2.07. The van der Waals surface area contributed by atoms with Crippen LogP contribution in [0, 0.1) is 6.92 Å². The van der Waals surface area contributed by atoms with E-state index >= 15 is 0 Å². The van der Waals surface area contributed by atoms with Crippen molar-refractivity contribution in [1.29, 1.82) is 0 Å². The molecule has 0 fully saturated rings. The van der Waals surface area contributed by atoms with Crippen molar-refractivity contribution in [3.63, 3.8) is 0 Å². The molecule has 3 heterocycles. The standard InChI is InChI=1S/C15H19N7O2S/c1-9(2)22-12(4-6-17-22)18-13(23)8-25-15-20-19-14(21(15)16)11-5-7-24-10(11)3/h4-7,9H,8,16H2,1-3H3,(H,18,23). The number of nitrogens with two attached hydrogens (primary N) is 1. The molecule has 0 bridgehead atoms. The average molecular weight is 361 g/mol. The highest BCUT2D eigenvalue weighted by Gasteiger charge is 2.17. The number of thioether (sulfide) groups is 1. The first-order valence-electron chi connectivity index (χ1n) is 7.68. The largest absolute Gasteiger partial charge is 0.469 e. The van der Waals surface area contributed by atoms with Gasteiger partial charge < -0.3 is 15.6 Å². The number of hydrogen-bond acceptors (Lipinski definition) is 7. The molecule has 10 heteroatoms. The molecule has 0 aliphatic heterocycles. The van der Waals surface area contributed by atoms with Gasteiger partial charge in [-0.05, 0) is 26.8 Å². The summed E-state index contributed by atoms with van der Waals surface area (Å²) in [4.78, 5) is 12.2. The molecule has 0 atom stereocenters. The van der Waals surface area contributed by atoms with Crippen molar-refractivity contribution in [2.45, 2.75) is 32.0 Å². The minimum atomic E-state index is -0.170. The van der Waals surface area contributed by atoms with E-state index in [1.807, 2.05) is 20.8 Å². The van der Waals surface area contributed by atoms with E-state index in [1.165, 1.54) is 16.4 Å². The zero-order chi connectivity index (χ0) is 18.0. The highest BCUT2D eigenvalue weighted by molar-refractivity contribution is 7.99. The number of carbonyl (C=O) groups excluding carboxylic acids is 1. The summed E-state index contributed by atoms with van der Waals surface area (Å²) < 4.78 is 8.35. The van der Waals surface area contributed by atoms with Crippen LogP contribution in [-0.2, 0) is 4.79 Å². The molecule has 9 nitrogen and oxygen atoms in total. The van der Waals surface area contributed by atoms with Gasteiger partial charge in [-0.1, -0.05) is 11.8 Å². The van der Waals surface area contributed by atoms with Crippen molar-refractivity contribution in [3.05, 3.63) is 30.4 Å². The Bertz CT molecular complexity index is 880. The SMILES string of the molecule is Cc1occc1-c1nnc(SCC(=O)Nc2ccnn2C(C)C)n1N. The number of anilines is 1. The van der Waals surface area contributed by atoms with Crippen LogP contribution in [0.15, 0.2) is 34.2 Å². The van der Waals surface area contributed by atoms with Gasteiger partial charge >= 0.3 is 0 Å². The van der Waals surface area contributed by atoms with E-state index in [0.717, 1.165) is 5.56 Å². The maximum Gasteiger partial charge on any atom is 0.235 e. The Kier molecular flexibility index (Phi) is 4.79. The van der Waals surface area contributed by atoms with Crippen molar-refractivity contribution in [1.82, 2.24) is 24.7 Å². The lowest BCUT2D eigenvalue weighted by Gasteiger charge is -2.11. The van der Waals surface area contributed by atoms with Gasteiger partial charge in [0.05, 0.1) is 23.8 Å². The zero-order valence-corrected chi connectivity index (χ0v) is 14.9. The molecular weight excluding hydrogens is 342 g/mol. The molecule has 0 aliphatic carbocycles. The van der Waals surface area contributed by atoms with Gasteiger partial charge in [-0.2, -0.15) is 5.10 Å². The summed E-state index contributed by atoms with van der Waals surface area (Å²) in [5.74, 6) is 7.87. The second-order valence-corrected chi connectivity index (χ2v) is 6.60. The van der Waals surface area contributed by atoms with Gasteiger partial charge in [-0.15, -0.1) is 10.2 Å². The van der Waals surface area contributed by atoms with Gasteiger partial charge in [-0.3, -0.25) is 4.79 Å². The molecule has 25 heavy (non-hydrogen) atoms. The summed E-state index contributed by atoms with van der Waals surface area (Å²) in [5.41, 5.74) is 0.770. The molecule has 0 aliphatic rings. The number of hydrogen-bond donors (Lipinski definition) is 2. The second-order valence-electron chi connectivity index (χ2n) is 5.66. The van der Waals surface area contributed by atoms with Crippen LogP contribution in [0.5, 0.6) is 0 Å². The number of nitrogen functional groups attached to an aromatic ring is 1. The Morgan fingerprint density at radius 3 is 2.88 bits per heavy atom. The van der Waals surface area contributed by atoms with E-state index in [9.17, 15) is 4.79 Å². The Labute approximate surface area is 148 Å². The van der Waals surface area contributed by atoms with Crippen LogP contribution in [0.2, 0.25) is 0 Å². The summed E-state index contributed by atoms with van der Waals surface area (Å²) >= 11 is 1.21. The highest BCUT2D eigenvalue weighted by atomic mass is 32.2. The van der Waals surface area contributed by atoms with Gasteiger partial charge in [0, 0.05) is 12.1 Å². The van der Waals surface area contributed by atoms with Crippen molar-refractivity contribution in [2.75, 3.05) is 16.9 Å². The number of aryl methyl sites for hydroxylation is 1. The van der Waals surface area contributed by atoms with Gasteiger partial charge in [0.1, 0.15) is 11.6 Å². The number of amides is 1. The normalized spacial score (nSPS) is 11.2. The van der Waals surface area contributed by atoms with E-state index in [0.29, 0.717) is 22.6 Å². The van der Waals surface area contributed by atoms with E-state index in [-0.39, 0.29) is 17.7 Å². The Morgan fingerprint density at radius 1 is 1.40 bits per heavy atom. The lowest BCUT2D eigenvalue weighted by atomic mass is 10.2. The third kappa shape index (κ3) is 3.53. The minimum absolute atomic E-state index is 0.156. The fourth-order valence-electron chi connectivity index (χ4n) is 2.31. The molecule has 3 N–H and O–H groups in total. The summed E-state index contributed by atoms with van der Waals surface area (Å²) in [6.45, 7) is 5.81. The van der Waals surface area contributed by atoms with Crippen LogP contribution < -0.4 is 11.2 Å². The fraction of sp³-hybridized carbons (Fsp3) is 0.333. The maximum absolute atomic E-state index is 12.2. The number of furan rings is 1. The molecule has 1 amide bonds. The topological polar surface area (TPSA) is 117 Å². The molecule has 3 aromatic heterocycles. The molecule has 0 radical (unpaired) electrons. The number of nitrogens with one attached hydrogen (secondary N) is 1. The summed E-state index contributed by atoms with van der Waals surface area (Å²) in [6.07, 6.45) is 3.22. The van der Waals surface area contributed by atoms with Gasteiger partial charge in [0.25, 0.3) is 0 Å². The molecule has 0 unspecified atom stereocenters. The first kappa shape index (κ1) is 17.1. The summed E-state index contributed by atoms with van der Waals surface area (Å²) in [5, 5.41) is 15.6. The lowest BCUT2D eigenvalue weighted by Crippen LogP contribution is -2.19. The summed E-state index contributed by atoms with van der Waals surface area (Å²) in [6, 6.07) is 3.69. The minimum Gasteiger partial charge on any atom is -0.469 e. The number of nitrogens with zero attached hydrogens (tertiary/aromatic N) is 5. The molecule has 0 saturated heterocycles. The zero-order valence-electron chi connectivity index (χ0n) is 14.1. The van der Waals surface area contributed by atoms with E-state index in [2.05, 4.69) is 20.6 Å². The van der Waals surface area contributed by atoms with Gasteiger partial charge in [0.2, 0.25) is 11.1 Å². The van der Waals surface area contributed by atoms with E-state index in [4.69, 9.17) is 10.3 Å². The Hall–Kier alpha value is -2.75. The smallest absolute Gasteiger partial charge is 0.235 e. The van der Waals surface area contributed by atoms with Crippen LogP contribution in [0.3, 0.4) is 0 Å². The van der Waals surface area contributed by atoms with Crippen molar-refractivity contribution in [2.24, 2.45) is 0 Å². The number of carbonyl (C=O) groups is 1. The van der Waals surface area contributed by atoms with Gasteiger partial charge in [-0.25, -0.2) is 9.36 Å². The fourth-order valence-corrected chi connectivity index (χ4v) is 2.97. The lowest BCUT2D eigenvalue weighted by molar-refractivity contribution is -0.113. The molecular formula is C15H19N7O2S. The molecule has 0 aromatic carbocycles. The monoisotopic (exact) mass is 361 g/mol. The first-order valence-corrected chi connectivity index (χ1v) is 8.67. The van der Waals surface area contributed by atoms with Crippen LogP contribution in [0.1, 0.15) is 25.6 Å². The average Bonchev–Trinajstić information content (AvgIpc) is 3.26. The van der Waals surface area contributed by atoms with Gasteiger partial charge in [0.15, 0.2) is 5.82 Å². The van der Waals surface area contributed by atoms with E-state index in [1.54, 1.807) is 29.3 Å². The molecule has 0 spiro atoms.